The van der Waals surface area contributed by atoms with Crippen LogP contribution in [-0.2, 0) is 25.0 Å². The number of aromatic amines is 2. The van der Waals surface area contributed by atoms with Crippen molar-refractivity contribution in [2.24, 2.45) is 11.8 Å². The first-order valence-corrected chi connectivity index (χ1v) is 20.4. The minimum absolute atomic E-state index is 0.0984. The molecule has 1 unspecified atom stereocenters. The highest BCUT2D eigenvalue weighted by Crippen LogP contribution is 2.53. The van der Waals surface area contributed by atoms with Crippen molar-refractivity contribution in [3.63, 3.8) is 0 Å². The Morgan fingerprint density at radius 3 is 2.02 bits per heavy atom. The third-order valence-electron chi connectivity index (χ3n) is 11.9. The van der Waals surface area contributed by atoms with Gasteiger partial charge in [0.15, 0.2) is 0 Å². The molecular weight excluding hydrogens is 787 g/mol. The maximum Gasteiger partial charge on any atom is 0.407 e. The topological polar surface area (TPSA) is 175 Å². The number of methoxy groups -OCH3 is 2. The lowest BCUT2D eigenvalue weighted by Gasteiger charge is -2.29. The first-order valence-electron chi connectivity index (χ1n) is 20.4. The third-order valence-corrected chi connectivity index (χ3v) is 11.9. The average molecular weight is 835 g/mol. The molecule has 0 radical (unpaired) electrons. The van der Waals surface area contributed by atoms with Crippen LogP contribution in [0.1, 0.15) is 75.4 Å². The summed E-state index contributed by atoms with van der Waals surface area (Å²) in [5.41, 5.74) is 4.41. The number of alkyl halides is 2. The van der Waals surface area contributed by atoms with Gasteiger partial charge in [-0.05, 0) is 71.2 Å². The zero-order valence-electron chi connectivity index (χ0n) is 34.7. The number of likely N-dealkylation sites (tertiary alicyclic amines) is 1. The molecular formula is C45H48F2N8O6. The average Bonchev–Trinajstić information content (AvgIpc) is 4.10. The maximum atomic E-state index is 16.5. The molecule has 4 amide bonds. The summed E-state index contributed by atoms with van der Waals surface area (Å²) in [5.74, 6) is -3.10. The highest BCUT2D eigenvalue weighted by atomic mass is 19.3. The number of hydrogen-bond donors (Lipinski definition) is 4. The van der Waals surface area contributed by atoms with Gasteiger partial charge in [-0.15, -0.1) is 0 Å². The van der Waals surface area contributed by atoms with Crippen LogP contribution in [0.25, 0.3) is 44.5 Å². The highest BCUT2D eigenvalue weighted by Gasteiger charge is 2.45. The lowest BCUT2D eigenvalue weighted by molar-refractivity contribution is -0.136. The number of ether oxygens (including phenoxy) is 2. The number of imidazole rings is 2. The van der Waals surface area contributed by atoms with E-state index in [1.165, 1.54) is 26.4 Å². The smallest absolute Gasteiger partial charge is 0.407 e. The number of aromatic nitrogens is 4. The molecule has 61 heavy (non-hydrogen) atoms. The van der Waals surface area contributed by atoms with Gasteiger partial charge in [-0.1, -0.05) is 70.2 Å². The minimum atomic E-state index is -3.30. The monoisotopic (exact) mass is 834 g/mol. The Balaban J connectivity index is 1.01. The SMILES string of the molecule is COC(=O)N[C@H](C(=O)N1CCCC1c1nc2ccc(-c3ccc4c(c3)C(F)(F)c3cc(-c5cnc([C@@H]6C=CCN6C(=O)[C@@H](NC(=O)OC)C(C)C)[nH]5)ccc3-4)cc2[nH]1)C(C)C. The van der Waals surface area contributed by atoms with Gasteiger partial charge in [-0.2, -0.15) is 8.78 Å². The lowest BCUT2D eigenvalue weighted by atomic mass is 9.98. The summed E-state index contributed by atoms with van der Waals surface area (Å²) in [6, 6.07) is 13.2. The summed E-state index contributed by atoms with van der Waals surface area (Å²) < 4.78 is 42.5. The first kappa shape index (κ1) is 41.2. The Hall–Kier alpha value is -6.58. The fourth-order valence-corrected chi connectivity index (χ4v) is 8.63. The predicted molar refractivity (Wildman–Crippen MR) is 223 cm³/mol. The van der Waals surface area contributed by atoms with Crippen LogP contribution >= 0.6 is 0 Å². The number of benzene rings is 3. The molecule has 1 saturated heterocycles. The molecule has 0 spiro atoms. The number of halogens is 2. The molecule has 5 aromatic rings. The van der Waals surface area contributed by atoms with Crippen molar-refractivity contribution in [3.8, 4) is 33.5 Å². The molecule has 2 aromatic heterocycles. The number of rotatable bonds is 10. The Morgan fingerprint density at radius 1 is 0.787 bits per heavy atom. The standard InChI is InChI=1S/C45H48F2N8O6/c1-23(2)37(52-43(58)60-5)41(56)54-17-7-9-35(54)39-48-22-34(51-39)27-12-15-29-28-14-11-25(19-30(28)45(46,47)31(29)20-27)26-13-16-32-33(21-26)50-40(49-32)36-10-8-18-55(36)42(57)38(24(3)4)53-44(59)61-6/h7,9,11-16,19-24,35-38H,8,10,17-18H2,1-6H3,(H,48,51)(H,49,50)(H,52,58)(H,53,59)/t35-,36?,37-,38-/m0/s1. The Morgan fingerprint density at radius 2 is 1.38 bits per heavy atom. The van der Waals surface area contributed by atoms with Gasteiger partial charge in [0.05, 0.1) is 43.2 Å². The van der Waals surface area contributed by atoms with Gasteiger partial charge in [0.2, 0.25) is 11.8 Å². The Kier molecular flexibility index (Phi) is 10.9. The molecule has 4 heterocycles. The summed E-state index contributed by atoms with van der Waals surface area (Å²) in [6.45, 7) is 8.21. The Bertz CT molecular complexity index is 2560. The largest absolute Gasteiger partial charge is 0.453 e. The van der Waals surface area contributed by atoms with E-state index in [0.29, 0.717) is 70.1 Å². The van der Waals surface area contributed by atoms with Crippen LogP contribution < -0.4 is 10.6 Å². The molecule has 0 bridgehead atoms. The number of H-pyrrole nitrogens is 2. The summed E-state index contributed by atoms with van der Waals surface area (Å²) >= 11 is 0. The molecule has 4 N–H and O–H groups in total. The van der Waals surface area contributed by atoms with E-state index in [9.17, 15) is 19.2 Å². The van der Waals surface area contributed by atoms with E-state index >= 15 is 8.78 Å². The second-order valence-electron chi connectivity index (χ2n) is 16.4. The first-order chi connectivity index (χ1) is 29.2. The van der Waals surface area contributed by atoms with Crippen molar-refractivity contribution in [1.29, 1.82) is 0 Å². The zero-order valence-corrected chi connectivity index (χ0v) is 34.7. The maximum absolute atomic E-state index is 16.5. The van der Waals surface area contributed by atoms with E-state index in [0.717, 1.165) is 12.0 Å². The van der Waals surface area contributed by atoms with Crippen molar-refractivity contribution in [1.82, 2.24) is 40.4 Å². The molecule has 1 aliphatic carbocycles. The van der Waals surface area contributed by atoms with E-state index in [4.69, 9.17) is 14.5 Å². The van der Waals surface area contributed by atoms with E-state index in [2.05, 4.69) is 25.6 Å². The van der Waals surface area contributed by atoms with Crippen LogP contribution in [0.4, 0.5) is 18.4 Å². The molecule has 1 fully saturated rings. The van der Waals surface area contributed by atoms with Gasteiger partial charge < -0.3 is 39.9 Å². The second-order valence-corrected chi connectivity index (χ2v) is 16.4. The molecule has 16 heteroatoms. The van der Waals surface area contributed by atoms with Crippen molar-refractivity contribution in [2.45, 2.75) is 70.6 Å². The predicted octanol–water partition coefficient (Wildman–Crippen LogP) is 7.60. The summed E-state index contributed by atoms with van der Waals surface area (Å²) in [7, 11) is 2.50. The van der Waals surface area contributed by atoms with E-state index in [1.54, 1.807) is 34.2 Å². The number of nitrogens with zero attached hydrogens (tertiary/aromatic N) is 4. The number of nitrogens with one attached hydrogen (secondary N) is 4. The molecule has 0 saturated carbocycles. The molecule has 2 aliphatic heterocycles. The molecule has 3 aliphatic rings. The highest BCUT2D eigenvalue weighted by molar-refractivity contribution is 5.89. The zero-order chi connectivity index (χ0) is 43.3. The summed E-state index contributed by atoms with van der Waals surface area (Å²) in [4.78, 5) is 70.6. The summed E-state index contributed by atoms with van der Waals surface area (Å²) in [5, 5.41) is 5.29. The van der Waals surface area contributed by atoms with Crippen LogP contribution in [0, 0.1) is 11.8 Å². The van der Waals surface area contributed by atoms with Gasteiger partial charge in [0.1, 0.15) is 29.8 Å². The van der Waals surface area contributed by atoms with Crippen LogP contribution in [0.2, 0.25) is 0 Å². The third kappa shape index (κ3) is 7.48. The van der Waals surface area contributed by atoms with Crippen LogP contribution in [0.3, 0.4) is 0 Å². The van der Waals surface area contributed by atoms with Gasteiger partial charge in [0, 0.05) is 29.8 Å². The molecule has 318 valence electrons. The number of hydrogen-bond acceptors (Lipinski definition) is 8. The van der Waals surface area contributed by atoms with Gasteiger partial charge in [-0.3, -0.25) is 9.59 Å². The number of carbonyl (C=O) groups is 4. The van der Waals surface area contributed by atoms with Crippen molar-refractivity contribution in [3.05, 3.63) is 95.7 Å². The normalized spacial score (nSPS) is 18.7. The summed E-state index contributed by atoms with van der Waals surface area (Å²) in [6.07, 6.45) is 5.35. The number of amides is 4. The quantitative estimate of drug-likeness (QED) is 0.104. The van der Waals surface area contributed by atoms with Crippen LogP contribution in [-0.4, -0.2) is 93.1 Å². The Labute approximate surface area is 351 Å². The van der Waals surface area contributed by atoms with Gasteiger partial charge in [-0.25, -0.2) is 19.6 Å². The lowest BCUT2D eigenvalue weighted by Crippen LogP contribution is -2.51. The fourth-order valence-electron chi connectivity index (χ4n) is 8.63. The van der Waals surface area contributed by atoms with Crippen molar-refractivity contribution < 1.29 is 37.4 Å². The number of alkyl carbamates (subject to hydrolysis) is 2. The number of fused-ring (bicyclic) bond motifs is 4. The number of carbonyl (C=O) groups excluding carboxylic acids is 4. The van der Waals surface area contributed by atoms with E-state index in [-0.39, 0.29) is 40.8 Å². The van der Waals surface area contributed by atoms with Crippen LogP contribution in [0.15, 0.2) is 72.9 Å². The van der Waals surface area contributed by atoms with Gasteiger partial charge in [0.25, 0.3) is 5.92 Å². The van der Waals surface area contributed by atoms with Crippen molar-refractivity contribution >= 4 is 35.0 Å². The molecule has 3 aromatic carbocycles. The van der Waals surface area contributed by atoms with E-state index in [1.807, 2.05) is 64.1 Å². The second kappa shape index (κ2) is 16.1. The van der Waals surface area contributed by atoms with E-state index < -0.39 is 36.2 Å². The minimum Gasteiger partial charge on any atom is -0.453 e. The molecule has 14 nitrogen and oxygen atoms in total. The molecule has 4 atom stereocenters. The van der Waals surface area contributed by atoms with Crippen LogP contribution in [0.5, 0.6) is 0 Å². The molecule has 8 rings (SSSR count). The van der Waals surface area contributed by atoms with Crippen molar-refractivity contribution in [2.75, 3.05) is 27.3 Å². The fraction of sp³-hybridized carbons (Fsp3) is 0.378. The van der Waals surface area contributed by atoms with Gasteiger partial charge >= 0.3 is 12.2 Å².